The highest BCUT2D eigenvalue weighted by Crippen LogP contribution is 2.17. The quantitative estimate of drug-likeness (QED) is 0.724. The maximum atomic E-state index is 12.7. The van der Waals surface area contributed by atoms with Gasteiger partial charge in [0.25, 0.3) is 5.91 Å². The molecule has 0 unspecified atom stereocenters. The molecule has 7 heteroatoms. The first-order chi connectivity index (χ1) is 12.2. The van der Waals surface area contributed by atoms with E-state index in [1.165, 1.54) is 6.39 Å². The van der Waals surface area contributed by atoms with Crippen LogP contribution < -0.4 is 0 Å². The molecule has 1 saturated heterocycles. The van der Waals surface area contributed by atoms with Gasteiger partial charge in [0, 0.05) is 36.6 Å². The number of oxazole rings is 1. The number of nitrogens with zero attached hydrogens (tertiary/aromatic N) is 3. The molecule has 1 aliphatic heterocycles. The van der Waals surface area contributed by atoms with E-state index in [9.17, 15) is 9.59 Å². The number of benzene rings is 1. The van der Waals surface area contributed by atoms with E-state index in [-0.39, 0.29) is 11.8 Å². The van der Waals surface area contributed by atoms with Crippen molar-refractivity contribution in [3.05, 3.63) is 52.5 Å². The van der Waals surface area contributed by atoms with Gasteiger partial charge in [0.15, 0.2) is 12.0 Å². The molecule has 0 aliphatic carbocycles. The minimum absolute atomic E-state index is 0.0383. The summed E-state index contributed by atoms with van der Waals surface area (Å²) in [6.45, 7) is 2.23. The predicted octanol–water partition coefficient (Wildman–Crippen LogP) is 2.42. The molecule has 1 aliphatic rings. The van der Waals surface area contributed by atoms with Gasteiger partial charge in [-0.15, -0.1) is 11.3 Å². The van der Waals surface area contributed by atoms with Gasteiger partial charge >= 0.3 is 0 Å². The van der Waals surface area contributed by atoms with Crippen LogP contribution in [0.2, 0.25) is 0 Å². The zero-order valence-electron chi connectivity index (χ0n) is 13.6. The van der Waals surface area contributed by atoms with Crippen LogP contribution in [-0.4, -0.2) is 52.8 Å². The summed E-state index contributed by atoms with van der Waals surface area (Å²) in [6.07, 6.45) is 1.81. The van der Waals surface area contributed by atoms with Crippen LogP contribution in [0.25, 0.3) is 11.1 Å². The molecule has 2 amide bonds. The molecule has 6 nitrogen and oxygen atoms in total. The lowest BCUT2D eigenvalue weighted by atomic mass is 10.1. The first-order valence-corrected chi connectivity index (χ1v) is 9.01. The molecule has 0 saturated carbocycles. The number of carbonyl (C=O) groups excluding carboxylic acids is 2. The Balaban J connectivity index is 1.37. The van der Waals surface area contributed by atoms with E-state index in [0.717, 1.165) is 10.4 Å². The Morgan fingerprint density at radius 2 is 1.92 bits per heavy atom. The predicted molar refractivity (Wildman–Crippen MR) is 94.5 cm³/mol. The minimum atomic E-state index is -0.0383. The molecule has 4 rings (SSSR count). The third-order valence-electron chi connectivity index (χ3n) is 4.40. The number of aromatic nitrogens is 1. The second-order valence-corrected chi connectivity index (χ2v) is 7.00. The smallest absolute Gasteiger partial charge is 0.254 e. The van der Waals surface area contributed by atoms with E-state index in [2.05, 4.69) is 4.98 Å². The van der Waals surface area contributed by atoms with Gasteiger partial charge < -0.3 is 14.2 Å². The van der Waals surface area contributed by atoms with Crippen molar-refractivity contribution >= 4 is 34.3 Å². The fourth-order valence-corrected chi connectivity index (χ4v) is 3.70. The minimum Gasteiger partial charge on any atom is -0.443 e. The lowest BCUT2D eigenvalue weighted by Gasteiger charge is -2.34. The third kappa shape index (κ3) is 3.28. The Labute approximate surface area is 148 Å². The normalized spacial score (nSPS) is 14.9. The van der Waals surface area contributed by atoms with Gasteiger partial charge in [0.05, 0.1) is 6.42 Å². The first-order valence-electron chi connectivity index (χ1n) is 8.13. The van der Waals surface area contributed by atoms with Crippen molar-refractivity contribution in [2.45, 2.75) is 6.42 Å². The number of rotatable bonds is 3. The number of carbonyl (C=O) groups is 2. The fraction of sp³-hybridized carbons (Fsp3) is 0.278. The van der Waals surface area contributed by atoms with Crippen LogP contribution in [0, 0.1) is 0 Å². The van der Waals surface area contributed by atoms with E-state index < -0.39 is 0 Å². The Hall–Kier alpha value is -2.67. The highest BCUT2D eigenvalue weighted by molar-refractivity contribution is 7.10. The van der Waals surface area contributed by atoms with Gasteiger partial charge in [0.1, 0.15) is 5.52 Å². The molecule has 0 spiro atoms. The van der Waals surface area contributed by atoms with Crippen molar-refractivity contribution in [3.63, 3.8) is 0 Å². The second-order valence-electron chi connectivity index (χ2n) is 5.96. The topological polar surface area (TPSA) is 66.7 Å². The van der Waals surface area contributed by atoms with Crippen LogP contribution in [0.1, 0.15) is 15.2 Å². The second kappa shape index (κ2) is 6.68. The highest BCUT2D eigenvalue weighted by Gasteiger charge is 2.25. The third-order valence-corrected chi connectivity index (χ3v) is 5.28. The van der Waals surface area contributed by atoms with E-state index in [0.29, 0.717) is 43.7 Å². The number of fused-ring (bicyclic) bond motifs is 1. The molecular formula is C18H17N3O3S. The molecule has 0 N–H and O–H groups in total. The Morgan fingerprint density at radius 1 is 1.12 bits per heavy atom. The summed E-state index contributed by atoms with van der Waals surface area (Å²) in [6, 6.07) is 9.20. The summed E-state index contributed by atoms with van der Waals surface area (Å²) in [7, 11) is 0. The zero-order valence-corrected chi connectivity index (χ0v) is 14.4. The first kappa shape index (κ1) is 15.8. The average molecular weight is 355 g/mol. The number of thiophene rings is 1. The van der Waals surface area contributed by atoms with Crippen LogP contribution in [0.3, 0.4) is 0 Å². The maximum absolute atomic E-state index is 12.7. The zero-order chi connectivity index (χ0) is 17.2. The number of hydrogen-bond acceptors (Lipinski definition) is 5. The van der Waals surface area contributed by atoms with Crippen LogP contribution in [0.5, 0.6) is 0 Å². The van der Waals surface area contributed by atoms with Gasteiger partial charge in [-0.3, -0.25) is 9.59 Å². The fourth-order valence-electron chi connectivity index (χ4n) is 3.00. The van der Waals surface area contributed by atoms with Crippen molar-refractivity contribution < 1.29 is 14.0 Å². The van der Waals surface area contributed by atoms with Crippen LogP contribution in [0.4, 0.5) is 0 Å². The highest BCUT2D eigenvalue weighted by atomic mass is 32.1. The van der Waals surface area contributed by atoms with E-state index >= 15 is 0 Å². The molecule has 2 aromatic heterocycles. The van der Waals surface area contributed by atoms with Crippen LogP contribution in [-0.2, 0) is 11.2 Å². The van der Waals surface area contributed by atoms with Gasteiger partial charge in [-0.25, -0.2) is 4.98 Å². The summed E-state index contributed by atoms with van der Waals surface area (Å²) in [5, 5.41) is 1.98. The summed E-state index contributed by atoms with van der Waals surface area (Å²) >= 11 is 1.59. The SMILES string of the molecule is O=C(Cc1cccs1)N1CCN(C(=O)c2ccc3ncoc3c2)CC1. The molecule has 128 valence electrons. The summed E-state index contributed by atoms with van der Waals surface area (Å²) < 4.78 is 5.26. The van der Waals surface area contributed by atoms with Gasteiger partial charge in [0.2, 0.25) is 5.91 Å². The van der Waals surface area contributed by atoms with Crippen molar-refractivity contribution in [1.82, 2.24) is 14.8 Å². The largest absolute Gasteiger partial charge is 0.443 e. The molecule has 0 radical (unpaired) electrons. The molecule has 25 heavy (non-hydrogen) atoms. The molecule has 3 heterocycles. The summed E-state index contributed by atoms with van der Waals surface area (Å²) in [5.41, 5.74) is 1.93. The van der Waals surface area contributed by atoms with Gasteiger partial charge in [-0.2, -0.15) is 0 Å². The average Bonchev–Trinajstić information content (AvgIpc) is 3.32. The van der Waals surface area contributed by atoms with Gasteiger partial charge in [-0.05, 0) is 29.6 Å². The van der Waals surface area contributed by atoms with Crippen LogP contribution in [0.15, 0.2) is 46.5 Å². The Kier molecular flexibility index (Phi) is 4.23. The van der Waals surface area contributed by atoms with E-state index in [1.807, 2.05) is 22.4 Å². The Bertz CT molecular complexity index is 895. The standard InChI is InChI=1S/C18H17N3O3S/c22-17(11-14-2-1-9-25-14)20-5-7-21(8-6-20)18(23)13-3-4-15-16(10-13)24-12-19-15/h1-4,9-10,12H,5-8,11H2. The van der Waals surface area contributed by atoms with Crippen molar-refractivity contribution in [1.29, 1.82) is 0 Å². The molecular weight excluding hydrogens is 338 g/mol. The molecule has 0 bridgehead atoms. The van der Waals surface area contributed by atoms with Crippen molar-refractivity contribution in [3.8, 4) is 0 Å². The van der Waals surface area contributed by atoms with E-state index in [4.69, 9.17) is 4.42 Å². The summed E-state index contributed by atoms with van der Waals surface area (Å²) in [5.74, 6) is 0.0845. The lowest BCUT2D eigenvalue weighted by molar-refractivity contribution is -0.131. The van der Waals surface area contributed by atoms with Crippen molar-refractivity contribution in [2.75, 3.05) is 26.2 Å². The number of hydrogen-bond donors (Lipinski definition) is 0. The lowest BCUT2D eigenvalue weighted by Crippen LogP contribution is -2.50. The molecule has 1 fully saturated rings. The summed E-state index contributed by atoms with van der Waals surface area (Å²) in [4.78, 5) is 33.7. The molecule has 3 aromatic rings. The van der Waals surface area contributed by atoms with Gasteiger partial charge in [-0.1, -0.05) is 6.07 Å². The van der Waals surface area contributed by atoms with E-state index in [1.54, 1.807) is 34.4 Å². The number of piperazine rings is 1. The number of amides is 2. The maximum Gasteiger partial charge on any atom is 0.254 e. The molecule has 0 atom stereocenters. The molecule has 1 aromatic carbocycles. The Morgan fingerprint density at radius 3 is 2.68 bits per heavy atom. The van der Waals surface area contributed by atoms with Crippen LogP contribution >= 0.6 is 11.3 Å². The van der Waals surface area contributed by atoms with Crippen molar-refractivity contribution in [2.24, 2.45) is 0 Å². The monoisotopic (exact) mass is 355 g/mol.